The van der Waals surface area contributed by atoms with E-state index >= 15 is 0 Å². The first-order chi connectivity index (χ1) is 8.15. The smallest absolute Gasteiger partial charge is 0.129 e. The molecule has 1 aromatic rings. The zero-order valence-electron chi connectivity index (χ0n) is 9.96. The van der Waals surface area contributed by atoms with Gasteiger partial charge in [0.25, 0.3) is 0 Å². The summed E-state index contributed by atoms with van der Waals surface area (Å²) in [6, 6.07) is 3.57. The van der Waals surface area contributed by atoms with Crippen LogP contribution in [0.5, 0.6) is 0 Å². The molecule has 1 aromatic heterocycles. The van der Waals surface area contributed by atoms with Gasteiger partial charge in [0.15, 0.2) is 0 Å². The first kappa shape index (κ1) is 13.5. The highest BCUT2D eigenvalue weighted by Crippen LogP contribution is 2.34. The van der Waals surface area contributed by atoms with Crippen LogP contribution in [0.15, 0.2) is 12.1 Å². The second kappa shape index (κ2) is 6.31. The minimum atomic E-state index is 0.530. The van der Waals surface area contributed by atoms with Crippen molar-refractivity contribution in [2.75, 3.05) is 0 Å². The molecule has 17 heavy (non-hydrogen) atoms. The van der Waals surface area contributed by atoms with Gasteiger partial charge in [-0.05, 0) is 30.9 Å². The van der Waals surface area contributed by atoms with E-state index in [4.69, 9.17) is 23.2 Å². The second-order valence-corrected chi connectivity index (χ2v) is 6.85. The van der Waals surface area contributed by atoms with E-state index in [1.54, 1.807) is 6.07 Å². The highest BCUT2D eigenvalue weighted by Gasteiger charge is 2.19. The number of halogens is 2. The molecule has 2 unspecified atom stereocenters. The fourth-order valence-electron chi connectivity index (χ4n) is 2.29. The minimum absolute atomic E-state index is 0.530. The fourth-order valence-corrected chi connectivity index (χ4v) is 4.11. The fraction of sp³-hybridized carbons (Fsp3) is 0.615. The molecule has 0 aliphatic heterocycles. The Kier molecular flexibility index (Phi) is 5.01. The highest BCUT2D eigenvalue weighted by atomic mass is 35.5. The van der Waals surface area contributed by atoms with Crippen LogP contribution in [0.1, 0.15) is 38.3 Å². The van der Waals surface area contributed by atoms with Crippen LogP contribution in [0.2, 0.25) is 10.2 Å². The van der Waals surface area contributed by atoms with Gasteiger partial charge in [0.2, 0.25) is 0 Å². The first-order valence-electron chi connectivity index (χ1n) is 6.07. The molecule has 1 aliphatic carbocycles. The molecule has 1 saturated carbocycles. The van der Waals surface area contributed by atoms with Crippen molar-refractivity contribution in [2.24, 2.45) is 5.92 Å². The Morgan fingerprint density at radius 2 is 2.18 bits per heavy atom. The van der Waals surface area contributed by atoms with E-state index in [-0.39, 0.29) is 0 Å². The number of rotatable bonds is 3. The van der Waals surface area contributed by atoms with Crippen LogP contribution < -0.4 is 0 Å². The van der Waals surface area contributed by atoms with Crippen molar-refractivity contribution in [3.8, 4) is 0 Å². The van der Waals surface area contributed by atoms with Gasteiger partial charge in [0.05, 0.1) is 10.7 Å². The number of hydrogen-bond acceptors (Lipinski definition) is 2. The van der Waals surface area contributed by atoms with Gasteiger partial charge in [-0.15, -0.1) is 0 Å². The van der Waals surface area contributed by atoms with Crippen LogP contribution in [-0.4, -0.2) is 10.2 Å². The zero-order valence-corrected chi connectivity index (χ0v) is 12.3. The van der Waals surface area contributed by atoms with Crippen LogP contribution in [0.4, 0.5) is 0 Å². The molecule has 0 spiro atoms. The van der Waals surface area contributed by atoms with Crippen molar-refractivity contribution in [1.29, 1.82) is 0 Å². The summed E-state index contributed by atoms with van der Waals surface area (Å²) >= 11 is 14.0. The standard InChI is InChI=1S/C13H17Cl2NS/c1-9-3-2-4-10(7-9)17-8-12-11(14)5-6-13(15)16-12/h5-6,9-10H,2-4,7-8H2,1H3. The Labute approximate surface area is 117 Å². The summed E-state index contributed by atoms with van der Waals surface area (Å²) in [6.45, 7) is 2.34. The molecule has 0 bridgehead atoms. The highest BCUT2D eigenvalue weighted by molar-refractivity contribution is 7.99. The van der Waals surface area contributed by atoms with E-state index in [0.717, 1.165) is 27.6 Å². The second-order valence-electron chi connectivity index (χ2n) is 4.77. The number of pyridine rings is 1. The molecule has 0 saturated heterocycles. The summed E-state index contributed by atoms with van der Waals surface area (Å²) in [6.07, 6.45) is 5.39. The lowest BCUT2D eigenvalue weighted by molar-refractivity contribution is 0.394. The molecule has 0 N–H and O–H groups in total. The van der Waals surface area contributed by atoms with Crippen LogP contribution >= 0.6 is 35.0 Å². The van der Waals surface area contributed by atoms with Crippen molar-refractivity contribution in [3.05, 3.63) is 28.0 Å². The maximum absolute atomic E-state index is 6.11. The molecule has 0 amide bonds. The molecule has 1 nitrogen and oxygen atoms in total. The van der Waals surface area contributed by atoms with Crippen LogP contribution in [0.25, 0.3) is 0 Å². The Hall–Kier alpha value is 0.0800. The molecule has 1 heterocycles. The SMILES string of the molecule is CC1CCCC(SCc2nc(Cl)ccc2Cl)C1. The molecular formula is C13H17Cl2NS. The Morgan fingerprint density at radius 1 is 1.35 bits per heavy atom. The van der Waals surface area contributed by atoms with E-state index in [2.05, 4.69) is 11.9 Å². The lowest BCUT2D eigenvalue weighted by Crippen LogP contribution is -2.15. The van der Waals surface area contributed by atoms with Crippen molar-refractivity contribution < 1.29 is 0 Å². The Balaban J connectivity index is 1.90. The Bertz CT molecular complexity index is 384. The third-order valence-electron chi connectivity index (χ3n) is 3.23. The van der Waals surface area contributed by atoms with Gasteiger partial charge in [0, 0.05) is 11.0 Å². The zero-order chi connectivity index (χ0) is 12.3. The van der Waals surface area contributed by atoms with Crippen molar-refractivity contribution in [2.45, 2.75) is 43.6 Å². The minimum Gasteiger partial charge on any atom is -0.239 e. The third-order valence-corrected chi connectivity index (χ3v) is 5.12. The molecule has 0 radical (unpaired) electrons. The van der Waals surface area contributed by atoms with Gasteiger partial charge < -0.3 is 0 Å². The average molecular weight is 290 g/mol. The van der Waals surface area contributed by atoms with Crippen molar-refractivity contribution in [1.82, 2.24) is 4.98 Å². The predicted molar refractivity (Wildman–Crippen MR) is 77.0 cm³/mol. The summed E-state index contributed by atoms with van der Waals surface area (Å²) < 4.78 is 0. The van der Waals surface area contributed by atoms with Gasteiger partial charge in [-0.25, -0.2) is 4.98 Å². The quantitative estimate of drug-likeness (QED) is 0.710. The maximum Gasteiger partial charge on any atom is 0.129 e. The topological polar surface area (TPSA) is 12.9 Å². The largest absolute Gasteiger partial charge is 0.239 e. The summed E-state index contributed by atoms with van der Waals surface area (Å²) in [5.41, 5.74) is 0.919. The van der Waals surface area contributed by atoms with Gasteiger partial charge in [-0.2, -0.15) is 11.8 Å². The molecule has 1 aliphatic rings. The summed E-state index contributed by atoms with van der Waals surface area (Å²) in [5.74, 6) is 1.74. The van der Waals surface area contributed by atoms with Crippen LogP contribution in [0, 0.1) is 5.92 Å². The number of thioether (sulfide) groups is 1. The van der Waals surface area contributed by atoms with Crippen LogP contribution in [-0.2, 0) is 5.75 Å². The summed E-state index contributed by atoms with van der Waals surface area (Å²) in [4.78, 5) is 4.29. The normalized spacial score (nSPS) is 24.9. The number of hydrogen-bond donors (Lipinski definition) is 0. The Morgan fingerprint density at radius 3 is 2.94 bits per heavy atom. The molecule has 0 aromatic carbocycles. The molecule has 2 atom stereocenters. The molecule has 1 fully saturated rings. The van der Waals surface area contributed by atoms with Gasteiger partial charge >= 0.3 is 0 Å². The maximum atomic E-state index is 6.11. The molecule has 4 heteroatoms. The molecule has 2 rings (SSSR count). The monoisotopic (exact) mass is 289 g/mol. The average Bonchev–Trinajstić information content (AvgIpc) is 2.30. The van der Waals surface area contributed by atoms with E-state index in [1.165, 1.54) is 25.7 Å². The third kappa shape index (κ3) is 4.04. The van der Waals surface area contributed by atoms with Crippen molar-refractivity contribution >= 4 is 35.0 Å². The number of nitrogens with zero attached hydrogens (tertiary/aromatic N) is 1. The van der Waals surface area contributed by atoms with Gasteiger partial charge in [-0.1, -0.05) is 43.0 Å². The molecular weight excluding hydrogens is 273 g/mol. The van der Waals surface area contributed by atoms with Crippen LogP contribution in [0.3, 0.4) is 0 Å². The van der Waals surface area contributed by atoms with Gasteiger partial charge in [-0.3, -0.25) is 0 Å². The first-order valence-corrected chi connectivity index (χ1v) is 7.88. The molecule has 94 valence electrons. The summed E-state index contributed by atoms with van der Waals surface area (Å²) in [5, 5.41) is 2.02. The lowest BCUT2D eigenvalue weighted by Gasteiger charge is -2.26. The van der Waals surface area contributed by atoms with Crippen molar-refractivity contribution in [3.63, 3.8) is 0 Å². The summed E-state index contributed by atoms with van der Waals surface area (Å²) in [7, 11) is 0. The predicted octanol–water partition coefficient (Wildman–Crippen LogP) is 5.20. The van der Waals surface area contributed by atoms with E-state index in [0.29, 0.717) is 5.15 Å². The van der Waals surface area contributed by atoms with Gasteiger partial charge in [0.1, 0.15) is 5.15 Å². The van der Waals surface area contributed by atoms with E-state index < -0.39 is 0 Å². The van der Waals surface area contributed by atoms with E-state index in [1.807, 2.05) is 17.8 Å². The van der Waals surface area contributed by atoms with E-state index in [9.17, 15) is 0 Å². The lowest BCUT2D eigenvalue weighted by atomic mass is 9.91. The number of aromatic nitrogens is 1.